The molecule has 3 nitrogen and oxygen atoms in total. The summed E-state index contributed by atoms with van der Waals surface area (Å²) in [4.78, 5) is 12.2. The Morgan fingerprint density at radius 1 is 1.41 bits per heavy atom. The fourth-order valence-electron chi connectivity index (χ4n) is 2.37. The molecule has 4 heteroatoms. The summed E-state index contributed by atoms with van der Waals surface area (Å²) in [5, 5.41) is 10.7. The number of hydrogen-bond donors (Lipinski definition) is 1. The molecule has 0 spiro atoms. The summed E-state index contributed by atoms with van der Waals surface area (Å²) in [6.45, 7) is 2.82. The Morgan fingerprint density at radius 3 is 2.71 bits per heavy atom. The first-order valence-electron chi connectivity index (χ1n) is 5.94. The third kappa shape index (κ3) is 3.54. The van der Waals surface area contributed by atoms with E-state index < -0.39 is 5.97 Å². The molecule has 1 aliphatic heterocycles. The quantitative estimate of drug-likeness (QED) is 0.853. The van der Waals surface area contributed by atoms with Gasteiger partial charge in [-0.05, 0) is 12.1 Å². The minimum atomic E-state index is -0.883. The van der Waals surface area contributed by atoms with Crippen LogP contribution in [0, 0.1) is 5.92 Å². The largest absolute Gasteiger partial charge is 0.550 e. The molecule has 0 aromatic heterocycles. The van der Waals surface area contributed by atoms with Gasteiger partial charge < -0.3 is 14.8 Å². The summed E-state index contributed by atoms with van der Waals surface area (Å²) >= 11 is 3.46. The zero-order valence-corrected chi connectivity index (χ0v) is 11.2. The molecule has 0 bridgehead atoms. The van der Waals surface area contributed by atoms with Crippen LogP contribution in [0.1, 0.15) is 18.4 Å². The molecule has 1 aromatic rings. The molecule has 1 aromatic carbocycles. The predicted octanol–water partition coefficient (Wildman–Crippen LogP) is -0.00610. The average Bonchev–Trinajstić information content (AvgIpc) is 2.29. The van der Waals surface area contributed by atoms with Crippen LogP contribution in [0.3, 0.4) is 0 Å². The molecule has 0 saturated carbocycles. The Labute approximate surface area is 110 Å². The van der Waals surface area contributed by atoms with E-state index in [0.717, 1.165) is 36.9 Å². The fraction of sp³-hybridized carbons (Fsp3) is 0.462. The summed E-state index contributed by atoms with van der Waals surface area (Å²) in [6.07, 6.45) is 1.48. The lowest BCUT2D eigenvalue weighted by Crippen LogP contribution is -3.11. The molecule has 1 saturated heterocycles. The smallest absolute Gasteiger partial charge is 0.103 e. The highest BCUT2D eigenvalue weighted by Crippen LogP contribution is 2.12. The Bertz CT molecular complexity index is 400. The average molecular weight is 298 g/mol. The molecule has 92 valence electrons. The van der Waals surface area contributed by atoms with Crippen LogP contribution in [0.25, 0.3) is 0 Å². The number of benzene rings is 1. The van der Waals surface area contributed by atoms with E-state index in [1.165, 1.54) is 10.5 Å². The summed E-state index contributed by atoms with van der Waals surface area (Å²) in [6, 6.07) is 8.29. The van der Waals surface area contributed by atoms with Gasteiger partial charge in [0, 0.05) is 34.8 Å². The molecular formula is C13H16BrNO2. The van der Waals surface area contributed by atoms with Crippen LogP contribution in [-0.2, 0) is 11.3 Å². The highest BCUT2D eigenvalue weighted by Gasteiger charge is 2.22. The maximum atomic E-state index is 10.7. The van der Waals surface area contributed by atoms with E-state index in [1.54, 1.807) is 0 Å². The molecule has 0 radical (unpaired) electrons. The van der Waals surface area contributed by atoms with Crippen molar-refractivity contribution >= 4 is 21.9 Å². The third-order valence-corrected chi connectivity index (χ3v) is 3.86. The van der Waals surface area contributed by atoms with Crippen molar-refractivity contribution in [3.63, 3.8) is 0 Å². The summed E-state index contributed by atoms with van der Waals surface area (Å²) in [5.41, 5.74) is 1.29. The summed E-state index contributed by atoms with van der Waals surface area (Å²) in [5.74, 6) is -1.12. The van der Waals surface area contributed by atoms with Gasteiger partial charge in [0.15, 0.2) is 0 Å². The van der Waals surface area contributed by atoms with Gasteiger partial charge in [-0.1, -0.05) is 28.1 Å². The van der Waals surface area contributed by atoms with Gasteiger partial charge in [0.25, 0.3) is 0 Å². The minimum absolute atomic E-state index is 0.235. The normalized spacial score (nSPS) is 24.5. The second kappa shape index (κ2) is 5.65. The SMILES string of the molecule is O=C([O-])C1CC[NH+](Cc2cccc(Br)c2)CC1. The number of likely N-dealkylation sites (tertiary alicyclic amines) is 1. The number of aliphatic carboxylic acids is 1. The highest BCUT2D eigenvalue weighted by atomic mass is 79.9. The van der Waals surface area contributed by atoms with E-state index in [4.69, 9.17) is 0 Å². The Kier molecular flexibility index (Phi) is 4.18. The van der Waals surface area contributed by atoms with Crippen molar-refractivity contribution in [2.75, 3.05) is 13.1 Å². The van der Waals surface area contributed by atoms with Crippen LogP contribution in [0.15, 0.2) is 28.7 Å². The lowest BCUT2D eigenvalue weighted by molar-refractivity contribution is -0.919. The van der Waals surface area contributed by atoms with E-state index in [-0.39, 0.29) is 5.92 Å². The Hall–Kier alpha value is -0.870. The van der Waals surface area contributed by atoms with Crippen LogP contribution in [0.5, 0.6) is 0 Å². The fourth-order valence-corrected chi connectivity index (χ4v) is 2.82. The number of quaternary nitrogens is 1. The van der Waals surface area contributed by atoms with E-state index in [1.807, 2.05) is 12.1 Å². The first kappa shape index (κ1) is 12.6. The number of hydrogen-bond acceptors (Lipinski definition) is 2. The lowest BCUT2D eigenvalue weighted by Gasteiger charge is -2.29. The van der Waals surface area contributed by atoms with Crippen molar-refractivity contribution < 1.29 is 14.8 Å². The molecule has 2 rings (SSSR count). The molecule has 1 N–H and O–H groups in total. The molecule has 17 heavy (non-hydrogen) atoms. The number of carbonyl (C=O) groups is 1. The van der Waals surface area contributed by atoms with Gasteiger partial charge >= 0.3 is 0 Å². The first-order valence-corrected chi connectivity index (χ1v) is 6.73. The molecule has 0 aliphatic carbocycles. The Balaban J connectivity index is 1.88. The number of carbonyl (C=O) groups excluding carboxylic acids is 1. The van der Waals surface area contributed by atoms with Crippen LogP contribution < -0.4 is 10.0 Å². The zero-order chi connectivity index (χ0) is 12.3. The molecule has 0 atom stereocenters. The van der Waals surface area contributed by atoms with Crippen molar-refractivity contribution in [3.8, 4) is 0 Å². The summed E-state index contributed by atoms with van der Waals surface area (Å²) < 4.78 is 1.10. The molecule has 1 aliphatic rings. The maximum Gasteiger partial charge on any atom is 0.103 e. The Morgan fingerprint density at radius 2 is 2.12 bits per heavy atom. The van der Waals surface area contributed by atoms with E-state index in [2.05, 4.69) is 28.1 Å². The topological polar surface area (TPSA) is 44.6 Å². The molecule has 1 heterocycles. The zero-order valence-electron chi connectivity index (χ0n) is 9.62. The second-order valence-corrected chi connectivity index (χ2v) is 5.57. The number of carboxylic acid groups (broad SMARTS) is 1. The monoisotopic (exact) mass is 297 g/mol. The molecule has 1 fully saturated rings. The summed E-state index contributed by atoms with van der Waals surface area (Å²) in [7, 11) is 0. The van der Waals surface area contributed by atoms with Crippen molar-refractivity contribution in [1.29, 1.82) is 0 Å². The van der Waals surface area contributed by atoms with Crippen molar-refractivity contribution in [3.05, 3.63) is 34.3 Å². The number of nitrogens with one attached hydrogen (secondary N) is 1. The predicted molar refractivity (Wildman–Crippen MR) is 66.3 cm³/mol. The van der Waals surface area contributed by atoms with E-state index >= 15 is 0 Å². The minimum Gasteiger partial charge on any atom is -0.550 e. The number of rotatable bonds is 3. The van der Waals surface area contributed by atoms with E-state index in [9.17, 15) is 9.90 Å². The van der Waals surface area contributed by atoms with E-state index in [0.29, 0.717) is 0 Å². The third-order valence-electron chi connectivity index (χ3n) is 3.37. The maximum absolute atomic E-state index is 10.7. The lowest BCUT2D eigenvalue weighted by atomic mass is 9.97. The van der Waals surface area contributed by atoms with Crippen LogP contribution in [0.4, 0.5) is 0 Å². The number of piperidine rings is 1. The molecule has 0 amide bonds. The molecular weight excluding hydrogens is 282 g/mol. The van der Waals surface area contributed by atoms with Gasteiger partial charge in [-0.25, -0.2) is 0 Å². The van der Waals surface area contributed by atoms with Crippen LogP contribution in [-0.4, -0.2) is 19.1 Å². The van der Waals surface area contributed by atoms with Gasteiger partial charge in [-0.15, -0.1) is 0 Å². The van der Waals surface area contributed by atoms with Gasteiger partial charge in [0.05, 0.1) is 13.1 Å². The second-order valence-electron chi connectivity index (χ2n) is 4.65. The van der Waals surface area contributed by atoms with Crippen LogP contribution in [0.2, 0.25) is 0 Å². The van der Waals surface area contributed by atoms with Crippen molar-refractivity contribution in [2.24, 2.45) is 5.92 Å². The van der Waals surface area contributed by atoms with Gasteiger partial charge in [-0.2, -0.15) is 0 Å². The number of halogens is 1. The van der Waals surface area contributed by atoms with Gasteiger partial charge in [0.2, 0.25) is 0 Å². The highest BCUT2D eigenvalue weighted by molar-refractivity contribution is 9.10. The standard InChI is InChI=1S/C13H16BrNO2/c14-12-3-1-2-10(8-12)9-15-6-4-11(5-7-15)13(16)17/h1-3,8,11H,4-7,9H2,(H,16,17). The first-order chi connectivity index (χ1) is 8.15. The van der Waals surface area contributed by atoms with Gasteiger partial charge in [0.1, 0.15) is 6.54 Å². The van der Waals surface area contributed by atoms with Gasteiger partial charge in [-0.3, -0.25) is 0 Å². The van der Waals surface area contributed by atoms with Crippen molar-refractivity contribution in [1.82, 2.24) is 0 Å². The van der Waals surface area contributed by atoms with Crippen LogP contribution >= 0.6 is 15.9 Å². The molecule has 0 unspecified atom stereocenters. The van der Waals surface area contributed by atoms with Crippen molar-refractivity contribution in [2.45, 2.75) is 19.4 Å². The number of carboxylic acids is 1.